The van der Waals surface area contributed by atoms with Crippen molar-refractivity contribution in [2.45, 2.75) is 0 Å². The molecule has 0 aliphatic carbocycles. The molecule has 0 aromatic carbocycles. The van der Waals surface area contributed by atoms with E-state index in [0.717, 1.165) is 6.41 Å². The second kappa shape index (κ2) is 37.0. The molecule has 0 N–H and O–H groups in total. The van der Waals surface area contributed by atoms with Crippen molar-refractivity contribution in [1.82, 2.24) is 4.90 Å². The Morgan fingerprint density at radius 2 is 1.20 bits per heavy atom. The number of rotatable bonds is 1. The molecule has 4 nitrogen and oxygen atoms in total. The van der Waals surface area contributed by atoms with Crippen molar-refractivity contribution in [1.29, 1.82) is 0 Å². The molecular weight excluding hydrogens is 145 g/mol. The first-order chi connectivity index (χ1) is 4.27. The van der Waals surface area contributed by atoms with Crippen molar-refractivity contribution >= 4 is 49.5 Å². The Kier molecular flexibility index (Phi) is 83.5. The Morgan fingerprint density at radius 1 is 1.10 bits per heavy atom. The fraction of sp³-hybridized carbons (Fsp3) is 0.400. The van der Waals surface area contributed by atoms with Gasteiger partial charge in [-0.1, -0.05) is 0 Å². The fourth-order valence-electron chi connectivity index (χ4n) is 0. The van der Waals surface area contributed by atoms with E-state index < -0.39 is 0 Å². The number of carbonyl (C=O) groups is 3. The second-order valence-electron chi connectivity index (χ2n) is 1.07. The van der Waals surface area contributed by atoms with Crippen LogP contribution in [0.25, 0.3) is 0 Å². The molecule has 0 aliphatic rings. The normalized spacial score (nSPS) is 4.20. The monoisotopic (exact) mass is 157 g/mol. The van der Waals surface area contributed by atoms with E-state index in [-0.39, 0.29) is 29.6 Å². The van der Waals surface area contributed by atoms with Gasteiger partial charge < -0.3 is 14.5 Å². The minimum absolute atomic E-state index is 0. The summed E-state index contributed by atoms with van der Waals surface area (Å²) in [6, 6.07) is 0. The van der Waals surface area contributed by atoms with E-state index in [2.05, 4.69) is 0 Å². The van der Waals surface area contributed by atoms with Crippen molar-refractivity contribution in [3.05, 3.63) is 0 Å². The summed E-state index contributed by atoms with van der Waals surface area (Å²) in [6.07, 6.45) is 0.750. The molecule has 0 atom stereocenters. The second-order valence-corrected chi connectivity index (χ2v) is 1.07. The van der Waals surface area contributed by atoms with E-state index in [0.29, 0.717) is 0 Å². The quantitative estimate of drug-likeness (QED) is 0.350. The molecular formula is C5H12NNaO3. The summed E-state index contributed by atoms with van der Waals surface area (Å²) in [7, 11) is 3.38. The molecule has 0 aromatic heterocycles. The predicted molar refractivity (Wildman–Crippen MR) is 41.1 cm³/mol. The zero-order valence-corrected chi connectivity index (χ0v) is 5.66. The van der Waals surface area contributed by atoms with Gasteiger partial charge in [0.25, 0.3) is 0 Å². The maximum absolute atomic E-state index is 9.43. The maximum atomic E-state index is 9.43. The van der Waals surface area contributed by atoms with Gasteiger partial charge >= 0.3 is 29.6 Å². The van der Waals surface area contributed by atoms with Crippen LogP contribution in [-0.2, 0) is 14.4 Å². The molecule has 0 saturated carbocycles. The van der Waals surface area contributed by atoms with Crippen LogP contribution in [0, 0.1) is 0 Å². The molecule has 0 radical (unpaired) electrons. The average Bonchev–Trinajstić information content (AvgIpc) is 1.97. The zero-order valence-electron chi connectivity index (χ0n) is 5.66. The number of hydrogen-bond donors (Lipinski definition) is 0. The first kappa shape index (κ1) is 22.6. The molecule has 0 rings (SSSR count). The van der Waals surface area contributed by atoms with Crippen molar-refractivity contribution in [2.75, 3.05) is 14.1 Å². The van der Waals surface area contributed by atoms with Gasteiger partial charge in [-0.05, 0) is 0 Å². The molecule has 10 heavy (non-hydrogen) atoms. The molecule has 1 amide bonds. The third-order valence-electron chi connectivity index (χ3n) is 0.211. The average molecular weight is 157 g/mol. The summed E-state index contributed by atoms with van der Waals surface area (Å²) in [5.74, 6) is 0. The van der Waals surface area contributed by atoms with Crippen LogP contribution in [0.5, 0.6) is 0 Å². The van der Waals surface area contributed by atoms with Crippen molar-refractivity contribution in [2.24, 2.45) is 0 Å². The van der Waals surface area contributed by atoms with Crippen LogP contribution < -0.4 is 0 Å². The van der Waals surface area contributed by atoms with Crippen LogP contribution in [0.2, 0.25) is 0 Å². The number of carbonyl (C=O) groups excluding carboxylic acids is 3. The summed E-state index contributed by atoms with van der Waals surface area (Å²) in [5, 5.41) is 0. The Balaban J connectivity index is -0.0000000315. The number of hydrogen-bond acceptors (Lipinski definition) is 3. The van der Waals surface area contributed by atoms with Crippen LogP contribution in [0.1, 0.15) is 0 Å². The summed E-state index contributed by atoms with van der Waals surface area (Å²) >= 11 is 0. The van der Waals surface area contributed by atoms with E-state index >= 15 is 0 Å². The first-order valence-corrected chi connectivity index (χ1v) is 1.97. The molecule has 0 saturated heterocycles. The summed E-state index contributed by atoms with van der Waals surface area (Å²) in [4.78, 5) is 26.9. The molecule has 5 heteroatoms. The van der Waals surface area contributed by atoms with Crippen LogP contribution in [-0.4, -0.2) is 68.5 Å². The first-order valence-electron chi connectivity index (χ1n) is 1.97. The Hall–Kier alpha value is -0.190. The van der Waals surface area contributed by atoms with Crippen LogP contribution in [0.15, 0.2) is 0 Å². The number of nitrogens with zero attached hydrogens (tertiary/aromatic N) is 1. The van der Waals surface area contributed by atoms with Gasteiger partial charge in [-0.15, -0.1) is 0 Å². The topological polar surface area (TPSA) is 54.5 Å². The Labute approximate surface area is 82.9 Å². The SMILES string of the molecule is C=O.C=O.CN(C)C=O.[NaH]. The molecule has 0 aliphatic heterocycles. The third kappa shape index (κ3) is 111. The van der Waals surface area contributed by atoms with Crippen LogP contribution >= 0.6 is 0 Å². The van der Waals surface area contributed by atoms with Crippen molar-refractivity contribution in [3.63, 3.8) is 0 Å². The van der Waals surface area contributed by atoms with Gasteiger partial charge in [0.05, 0.1) is 0 Å². The van der Waals surface area contributed by atoms with Crippen LogP contribution in [0.3, 0.4) is 0 Å². The van der Waals surface area contributed by atoms with Crippen molar-refractivity contribution in [3.8, 4) is 0 Å². The molecule has 0 bridgehead atoms. The van der Waals surface area contributed by atoms with Gasteiger partial charge in [-0.2, -0.15) is 0 Å². The minimum atomic E-state index is 0. The van der Waals surface area contributed by atoms with E-state index in [1.165, 1.54) is 4.90 Å². The molecule has 56 valence electrons. The summed E-state index contributed by atoms with van der Waals surface area (Å²) in [6.45, 7) is 4.00. The molecule has 0 heterocycles. The van der Waals surface area contributed by atoms with Crippen molar-refractivity contribution < 1.29 is 14.4 Å². The van der Waals surface area contributed by atoms with E-state index in [4.69, 9.17) is 9.59 Å². The standard InChI is InChI=1S/C3H7NO.2CH2O.Na.H/c1-4(2)3-5;2*1-2;;/h3H,1-2H3;2*1H2;;. The van der Waals surface area contributed by atoms with Crippen LogP contribution in [0.4, 0.5) is 0 Å². The summed E-state index contributed by atoms with van der Waals surface area (Å²) < 4.78 is 0. The third-order valence-corrected chi connectivity index (χ3v) is 0.211. The van der Waals surface area contributed by atoms with Gasteiger partial charge in [-0.25, -0.2) is 0 Å². The molecule has 0 unspecified atom stereocenters. The van der Waals surface area contributed by atoms with E-state index in [1.807, 2.05) is 13.6 Å². The summed E-state index contributed by atoms with van der Waals surface area (Å²) in [5.41, 5.74) is 0. The fourth-order valence-corrected chi connectivity index (χ4v) is 0. The molecule has 0 fully saturated rings. The Bertz CT molecular complexity index is 58.9. The van der Waals surface area contributed by atoms with E-state index in [1.54, 1.807) is 14.1 Å². The van der Waals surface area contributed by atoms with E-state index in [9.17, 15) is 4.79 Å². The van der Waals surface area contributed by atoms with Gasteiger partial charge in [-0.3, -0.25) is 4.79 Å². The zero-order chi connectivity index (χ0) is 8.28. The van der Waals surface area contributed by atoms with Gasteiger partial charge in [0.1, 0.15) is 13.6 Å². The predicted octanol–water partition coefficient (Wildman–Crippen LogP) is -1.31. The van der Waals surface area contributed by atoms with Gasteiger partial charge in [0, 0.05) is 14.1 Å². The van der Waals surface area contributed by atoms with Gasteiger partial charge in [0.15, 0.2) is 0 Å². The van der Waals surface area contributed by atoms with Gasteiger partial charge in [0.2, 0.25) is 6.41 Å². The molecule has 0 aromatic rings. The molecule has 0 spiro atoms. The number of amides is 1. The Morgan fingerprint density at radius 3 is 1.20 bits per heavy atom.